The van der Waals surface area contributed by atoms with Crippen molar-refractivity contribution in [3.05, 3.63) is 36.0 Å². The Labute approximate surface area is 868 Å². The third-order valence-corrected chi connectivity index (χ3v) is 33.5. The first kappa shape index (κ1) is 127. The predicted octanol–water partition coefficient (Wildman–Crippen LogP) is 1.10. The Bertz CT molecular complexity index is 5010. The van der Waals surface area contributed by atoms with E-state index in [2.05, 4.69) is 68.8 Å². The fourth-order valence-corrected chi connectivity index (χ4v) is 24.6. The summed E-state index contributed by atoms with van der Waals surface area (Å²) in [4.78, 5) is 329. The number of aliphatic carboxylic acids is 2. The summed E-state index contributed by atoms with van der Waals surface area (Å²) < 4.78 is 0. The molecule has 0 bridgehead atoms. The molecule has 2 fully saturated rings. The third kappa shape index (κ3) is 44.9. The molecule has 3 heterocycles. The van der Waals surface area contributed by atoms with Crippen molar-refractivity contribution in [3.63, 3.8) is 0 Å². The van der Waals surface area contributed by atoms with Crippen LogP contribution in [-0.4, -0.2) is 290 Å². The number of aliphatic hydroxyl groups excluding tert-OH is 1. The maximum absolute atomic E-state index is 15.2. The molecule has 2 aliphatic rings. The topological polar surface area (TPSA) is 742 Å². The summed E-state index contributed by atoms with van der Waals surface area (Å²) in [6.07, 6.45) is -7.60. The number of aliphatic hydroxyl groups is 1. The number of hydrogen-bond donors (Lipinski definition) is 21. The number of hydrogen-bond acceptors (Lipinski definition) is 26. The number of Topliss-reactive ketones (excluding diaryl/α,β-unsaturated/α-hetero) is 9. The van der Waals surface area contributed by atoms with Gasteiger partial charge in [0.1, 0.15) is 12.1 Å². The zero-order chi connectivity index (χ0) is 111. The number of H-pyrrole nitrogens is 1. The van der Waals surface area contributed by atoms with Crippen LogP contribution in [0.4, 0.5) is 0 Å². The molecule has 21 atom stereocenters. The average Bonchev–Trinajstić information content (AvgIpc) is 1.70. The Morgan fingerprint density at radius 2 is 0.980 bits per heavy atom. The van der Waals surface area contributed by atoms with Crippen molar-refractivity contribution in [3.8, 4) is 0 Å². The van der Waals surface area contributed by atoms with Crippen LogP contribution in [0.2, 0.25) is 10.6 Å². The molecule has 0 aliphatic carbocycles. The van der Waals surface area contributed by atoms with Gasteiger partial charge in [0, 0.05) is 99.9 Å². The molecule has 6 unspecified atom stereocenters. The van der Waals surface area contributed by atoms with E-state index in [1.165, 1.54) is 67.2 Å². The SMILES string of the molecule is CCC(C)[C@@H]1CC(=O)[C@H](C)NC(=O)C(CC(=O)[C@H](C)NC(C)=O)C[Se][Se]CC(C(=O)C[C@@H](C)C(=O)O)NC(=O)[C@H](C)CC(=O)C(C)NC(=O)[C@H](CCCNC(=N)N)CC(=O)C(C)NC(=O)[C@H](C)CC(=O)[C@H](CC(C)C)NC(=O)[C@H](Cc2c[nH]c3ccccc23)NC(=O)[C@H](CCC(N)=O)NC(=O)[C@H](CCCNC(=N)N)CC(=O)[C@H](CC(C)C)NC(=O)C([C@@H](C)O)CC(=O)[C@@H]2CCCN2C(=O)CCC(=O)[C@H](CCC(=O)O)NC1=O. The number of primary amides is 1. The Kier molecular flexibility index (Phi) is 55.0. The van der Waals surface area contributed by atoms with E-state index in [1.807, 2.05) is 0 Å². The normalized spacial score (nSPS) is 26.0. The molecule has 45 nitrogen and oxygen atoms in total. The quantitative estimate of drug-likeness (QED) is 0.0217. The number of guanidine groups is 2. The summed E-state index contributed by atoms with van der Waals surface area (Å²) in [5.74, 6) is -31.4. The number of amides is 12. The number of carboxylic acid groups (broad SMARTS) is 2. The van der Waals surface area contributed by atoms with Crippen molar-refractivity contribution in [2.45, 2.75) is 341 Å². The van der Waals surface area contributed by atoms with Gasteiger partial charge in [-0.25, -0.2) is 0 Å². The zero-order valence-electron chi connectivity index (χ0n) is 86.9. The fourth-order valence-electron chi connectivity index (χ4n) is 17.1. The first-order chi connectivity index (χ1) is 68.9. The molecule has 4 rings (SSSR count). The molecule has 0 saturated carbocycles. The van der Waals surface area contributed by atoms with Gasteiger partial charge in [-0.05, 0) is 88.7 Å². The second-order valence-electron chi connectivity index (χ2n) is 39.8. The van der Waals surface area contributed by atoms with E-state index in [4.69, 9.17) is 28.0 Å². The first-order valence-electron chi connectivity index (χ1n) is 50.3. The molecular weight excluding hydrogens is 2040 g/mol. The zero-order valence-corrected chi connectivity index (χ0v) is 90.3. The number of nitrogens with one attached hydrogen (secondary N) is 15. The summed E-state index contributed by atoms with van der Waals surface area (Å²) in [6.45, 7) is 22.2. The number of nitrogens with zero attached hydrogens (tertiary/aromatic N) is 1. The number of benzene rings is 1. The summed E-state index contributed by atoms with van der Waals surface area (Å²) in [6, 6.07) is -8.28. The second kappa shape index (κ2) is 63.6. The molecule has 818 valence electrons. The van der Waals surface area contributed by atoms with E-state index >= 15 is 14.4 Å². The standard InChI is InChI=1S/C100H155N19O26Se2/c1-16-52(6)67-45-81(126)59(13)112-93(139)65(44-80(125)56(10)109-61(15)121)48-146-147-49-75(83(128)40-55(9)98(144)145)118-90(136)53(7)38-78(123)57(11)111-91(137)62(22-19-33-106-99(102)103)42-79(124)58(12)110-89(135)54(8)39-82(127)72(36-50(2)3)116-97(143)74(41-64-47-108-69-25-18-17-24-66(64)69)117-96(142)71(27-30-86(101)131)114-92(138)63(23-20-34-107-100(104)105)43-84(129)73(37-51(4)5)115-95(141)68(60(14)120)46-85(130)76-26-21-35-119(76)87(132)31-29-77(122)70(113-94(67)140)28-32-88(133)134/h17-18,24-25,47,50-60,62-63,65,67-68,70-76,108,120H,16,19-23,26-46,48-49H2,1-15H3,(H2,101,131)(H,109,121)(H,110,135)(H,111,137)(H,112,139)(H,113,140)(H,114,138)(H,115,141)(H,116,143)(H,117,142)(H,118,136)(H,133,134)(H,144,145)(H4,102,103,106)(H4,104,105,107)/t52?,53-,54-,55-,56+,57?,58?,59+,60-,62-,63-,65?,67+,68?,70+,71+,72+,73+,74+,75?,76+/m1/s1. The molecule has 24 N–H and O–H groups in total. The van der Waals surface area contributed by atoms with Gasteiger partial charge in [0.25, 0.3) is 0 Å². The molecule has 0 spiro atoms. The Morgan fingerprint density at radius 3 is 1.52 bits per heavy atom. The molecule has 12 amide bonds. The second-order valence-corrected chi connectivity index (χ2v) is 47.3. The van der Waals surface area contributed by atoms with Crippen LogP contribution in [0.15, 0.2) is 30.5 Å². The van der Waals surface area contributed by atoms with Crippen molar-refractivity contribution >= 4 is 184 Å². The van der Waals surface area contributed by atoms with Crippen LogP contribution < -0.4 is 81.0 Å². The van der Waals surface area contributed by atoms with Crippen molar-refractivity contribution in [2.24, 2.45) is 82.3 Å². The molecule has 47 heteroatoms. The molecule has 1 aromatic heterocycles. The Morgan fingerprint density at radius 1 is 0.510 bits per heavy atom. The van der Waals surface area contributed by atoms with Gasteiger partial charge in [-0.2, -0.15) is 0 Å². The van der Waals surface area contributed by atoms with Crippen molar-refractivity contribution < 1.29 is 126 Å². The Balaban J connectivity index is 1.86. The predicted molar refractivity (Wildman–Crippen MR) is 543 cm³/mol. The van der Waals surface area contributed by atoms with Gasteiger partial charge < -0.3 is 74.5 Å². The number of nitrogens with two attached hydrogens (primary N) is 3. The van der Waals surface area contributed by atoms with E-state index < -0.39 is 389 Å². The monoisotopic (exact) mass is 2200 g/mol. The number of carbonyl (C=O) groups is 23. The number of carbonyl (C=O) groups excluding carboxylic acids is 21. The number of ketones is 9. The van der Waals surface area contributed by atoms with E-state index in [0.717, 1.165) is 0 Å². The minimum atomic E-state index is -1.70. The summed E-state index contributed by atoms with van der Waals surface area (Å²) in [7, 11) is 0. The Hall–Kier alpha value is -12.1. The van der Waals surface area contributed by atoms with Gasteiger partial charge in [0.15, 0.2) is 35.1 Å². The minimum absolute atomic E-state index is 0.00534. The van der Waals surface area contributed by atoms with E-state index in [-0.39, 0.29) is 106 Å². The first-order valence-corrected chi connectivity index (χ1v) is 57.1. The van der Waals surface area contributed by atoms with Gasteiger partial charge >= 0.3 is 359 Å². The fraction of sp³-hybridized carbons (Fsp3) is 0.670. The van der Waals surface area contributed by atoms with Crippen LogP contribution in [0.25, 0.3) is 10.9 Å². The number of aromatic amines is 1. The summed E-state index contributed by atoms with van der Waals surface area (Å²) in [5, 5.41) is 78.7. The molecular formula is C100H155N19O26Se2. The van der Waals surface area contributed by atoms with Crippen LogP contribution in [0, 0.1) is 75.9 Å². The molecule has 147 heavy (non-hydrogen) atoms. The van der Waals surface area contributed by atoms with Gasteiger partial charge in [0.2, 0.25) is 41.4 Å². The van der Waals surface area contributed by atoms with E-state index in [9.17, 15) is 111 Å². The maximum atomic E-state index is 15.2. The number of rotatable bonds is 31. The van der Waals surface area contributed by atoms with Crippen LogP contribution in [0.5, 0.6) is 0 Å². The van der Waals surface area contributed by atoms with E-state index in [0.29, 0.717) is 16.5 Å². The number of para-hydroxylation sites is 1. The molecule has 1 aromatic carbocycles. The van der Waals surface area contributed by atoms with Crippen molar-refractivity contribution in [1.82, 2.24) is 73.7 Å². The van der Waals surface area contributed by atoms with Crippen molar-refractivity contribution in [2.75, 3.05) is 19.6 Å². The van der Waals surface area contributed by atoms with Gasteiger partial charge in [0.05, 0.1) is 36.2 Å². The number of aromatic nitrogens is 1. The van der Waals surface area contributed by atoms with Crippen LogP contribution in [0.3, 0.4) is 0 Å². The van der Waals surface area contributed by atoms with Gasteiger partial charge in [-0.3, -0.25) is 73.1 Å². The molecule has 2 aromatic rings. The third-order valence-electron chi connectivity index (χ3n) is 26.3. The van der Waals surface area contributed by atoms with Crippen molar-refractivity contribution in [1.29, 1.82) is 10.8 Å². The van der Waals surface area contributed by atoms with Gasteiger partial charge in [-0.1, -0.05) is 52.8 Å². The van der Waals surface area contributed by atoms with Crippen LogP contribution >= 0.6 is 0 Å². The molecule has 2 aliphatic heterocycles. The summed E-state index contributed by atoms with van der Waals surface area (Å²) in [5.41, 5.74) is 17.9. The van der Waals surface area contributed by atoms with Crippen LogP contribution in [0.1, 0.15) is 257 Å². The number of carboxylic acids is 2. The van der Waals surface area contributed by atoms with E-state index in [1.54, 1.807) is 72.0 Å². The van der Waals surface area contributed by atoms with Gasteiger partial charge in [-0.15, -0.1) is 0 Å². The molecule has 2 saturated heterocycles. The average molecular weight is 2200 g/mol. The summed E-state index contributed by atoms with van der Waals surface area (Å²) >= 11 is -1.29. The van der Waals surface area contributed by atoms with Crippen LogP contribution in [-0.2, 0) is 117 Å². The molecule has 0 radical (unpaired) electrons. The number of fused-ring (bicyclic) bond motifs is 2.